The number of urea groups is 1. The second-order valence-electron chi connectivity index (χ2n) is 14.5. The van der Waals surface area contributed by atoms with Crippen LogP contribution in [0.3, 0.4) is 0 Å². The van der Waals surface area contributed by atoms with Gasteiger partial charge in [0.25, 0.3) is 5.91 Å². The number of Topliss-reactive ketones (excluding diaryl/α,β-unsaturated/α-hetero) is 1. The largest absolute Gasteiger partial charge is 0.382 e. The molecule has 0 spiro atoms. The van der Waals surface area contributed by atoms with Crippen LogP contribution in [0.25, 0.3) is 0 Å². The third kappa shape index (κ3) is 7.56. The molecule has 5 amide bonds. The molecule has 2 saturated carbocycles. The Morgan fingerprint density at radius 2 is 1.73 bits per heavy atom. The van der Waals surface area contributed by atoms with E-state index >= 15 is 0 Å². The molecule has 0 aromatic heterocycles. The van der Waals surface area contributed by atoms with Crippen LogP contribution in [-0.2, 0) is 23.9 Å². The van der Waals surface area contributed by atoms with E-state index in [1.807, 2.05) is 13.8 Å². The lowest BCUT2D eigenvalue weighted by atomic mass is 9.70. The van der Waals surface area contributed by atoms with Crippen molar-refractivity contribution in [1.29, 1.82) is 0 Å². The molecule has 5 N–H and O–H groups in total. The van der Waals surface area contributed by atoms with Gasteiger partial charge in [-0.1, -0.05) is 71.1 Å². The predicted octanol–water partition coefficient (Wildman–Crippen LogP) is 2.27. The number of likely N-dealkylation sites (tertiary alicyclic amines) is 1. The Morgan fingerprint density at radius 3 is 2.25 bits per heavy atom. The van der Waals surface area contributed by atoms with Gasteiger partial charge in [0.1, 0.15) is 12.1 Å². The zero-order valence-corrected chi connectivity index (χ0v) is 27.0. The number of hydrogen-bond acceptors (Lipinski definition) is 6. The Hall–Kier alpha value is -3.13. The van der Waals surface area contributed by atoms with E-state index < -0.39 is 52.7 Å². The Bertz CT molecular complexity index is 1180. The van der Waals surface area contributed by atoms with Crippen molar-refractivity contribution < 1.29 is 28.7 Å². The maximum Gasteiger partial charge on any atom is 0.315 e. The van der Waals surface area contributed by atoms with Crippen molar-refractivity contribution in [2.75, 3.05) is 20.3 Å². The highest BCUT2D eigenvalue weighted by Crippen LogP contribution is 2.42. The summed E-state index contributed by atoms with van der Waals surface area (Å²) < 4.78 is 5.42. The van der Waals surface area contributed by atoms with Crippen LogP contribution in [0.2, 0.25) is 0 Å². The number of hydrogen-bond donors (Lipinski definition) is 4. The van der Waals surface area contributed by atoms with Crippen molar-refractivity contribution in [1.82, 2.24) is 20.9 Å². The minimum Gasteiger partial charge on any atom is -0.382 e. The summed E-state index contributed by atoms with van der Waals surface area (Å²) in [5.41, 5.74) is 4.18. The molecule has 1 heterocycles. The van der Waals surface area contributed by atoms with Crippen LogP contribution in [0.15, 0.2) is 0 Å². The smallest absolute Gasteiger partial charge is 0.315 e. The van der Waals surface area contributed by atoms with E-state index in [0.29, 0.717) is 25.4 Å². The number of carbonyl (C=O) groups excluding carboxylic acids is 5. The second-order valence-corrected chi connectivity index (χ2v) is 14.5. The number of nitrogens with zero attached hydrogens (tertiary/aromatic N) is 1. The summed E-state index contributed by atoms with van der Waals surface area (Å²) in [6.45, 7) is 8.69. The average Bonchev–Trinajstić information content (AvgIpc) is 3.17. The molecule has 44 heavy (non-hydrogen) atoms. The number of ketones is 1. The molecule has 1 aliphatic heterocycles. The fourth-order valence-corrected chi connectivity index (χ4v) is 7.68. The molecule has 0 aromatic carbocycles. The first-order valence-electron chi connectivity index (χ1n) is 16.3. The highest BCUT2D eigenvalue weighted by Gasteiger charge is 2.53. The van der Waals surface area contributed by atoms with Crippen molar-refractivity contribution in [2.45, 2.75) is 116 Å². The van der Waals surface area contributed by atoms with Gasteiger partial charge in [-0.15, -0.1) is 0 Å². The number of fused-ring (bicyclic) bond motifs is 1. The highest BCUT2D eigenvalue weighted by atomic mass is 16.5. The van der Waals surface area contributed by atoms with Gasteiger partial charge in [-0.2, -0.15) is 0 Å². The third-order valence-corrected chi connectivity index (χ3v) is 10.1. The number of ether oxygens (including phenoxy) is 1. The molecule has 6 atom stereocenters. The van der Waals surface area contributed by atoms with Gasteiger partial charge in [0.15, 0.2) is 0 Å². The first kappa shape index (κ1) is 33.8. The number of methoxy groups -OCH3 is 1. The van der Waals surface area contributed by atoms with Gasteiger partial charge in [0.2, 0.25) is 17.6 Å². The van der Waals surface area contributed by atoms with Crippen molar-refractivity contribution in [3.8, 4) is 11.8 Å². The van der Waals surface area contributed by atoms with Gasteiger partial charge in [-0.25, -0.2) is 4.79 Å². The van der Waals surface area contributed by atoms with Crippen molar-refractivity contribution in [2.24, 2.45) is 34.8 Å². The first-order chi connectivity index (χ1) is 20.8. The molecular weight excluding hydrogens is 562 g/mol. The maximum absolute atomic E-state index is 14.5. The normalized spacial score (nSPS) is 26.4. The molecule has 3 aliphatic carbocycles. The van der Waals surface area contributed by atoms with E-state index in [1.165, 1.54) is 4.90 Å². The molecule has 4 unspecified atom stereocenters. The van der Waals surface area contributed by atoms with E-state index in [4.69, 9.17) is 10.5 Å². The standard InChI is InChI=1S/C33H51N5O6/c1-20(2)17-33(4,19-44-5)37-31(43)36-27(32(3)14-7-6-8-15-32)30(42)38-18-22-12-13-23(22)25(38)29(41)35-24(26(39)28(34)40)16-21-10-9-11-21/h20-25,27H,6-11,14-19H2,1-5H3,(H2,34,40)(H,35,41)(H2,36,37,43)/t22?,23-,24?,25?,27?,33+/m0/s1. The van der Waals surface area contributed by atoms with Crippen LogP contribution in [0, 0.1) is 40.9 Å². The van der Waals surface area contributed by atoms with Crippen LogP contribution >= 0.6 is 0 Å². The summed E-state index contributed by atoms with van der Waals surface area (Å²) in [5.74, 6) is 3.35. The van der Waals surface area contributed by atoms with Crippen LogP contribution in [0.5, 0.6) is 0 Å². The van der Waals surface area contributed by atoms with Crippen molar-refractivity contribution in [3.63, 3.8) is 0 Å². The molecule has 11 nitrogen and oxygen atoms in total. The monoisotopic (exact) mass is 613 g/mol. The summed E-state index contributed by atoms with van der Waals surface area (Å²) in [6, 6.07) is -3.30. The number of nitrogens with one attached hydrogen (secondary N) is 3. The van der Waals surface area contributed by atoms with E-state index in [1.54, 1.807) is 7.11 Å². The summed E-state index contributed by atoms with van der Waals surface area (Å²) >= 11 is 0. The molecule has 1 saturated heterocycles. The number of primary amides is 1. The van der Waals surface area contributed by atoms with Gasteiger partial charge < -0.3 is 31.3 Å². The van der Waals surface area contributed by atoms with Crippen molar-refractivity contribution in [3.05, 3.63) is 0 Å². The Labute approximate surface area is 261 Å². The van der Waals surface area contributed by atoms with Crippen LogP contribution < -0.4 is 21.7 Å². The van der Waals surface area contributed by atoms with Gasteiger partial charge in [-0.3, -0.25) is 19.2 Å². The highest BCUT2D eigenvalue weighted by molar-refractivity contribution is 6.37. The van der Waals surface area contributed by atoms with Crippen molar-refractivity contribution >= 4 is 29.5 Å². The zero-order valence-electron chi connectivity index (χ0n) is 27.0. The van der Waals surface area contributed by atoms with Gasteiger partial charge in [-0.05, 0) is 49.9 Å². The molecular formula is C33H51N5O6. The molecule has 4 aliphatic rings. The fraction of sp³-hybridized carbons (Fsp3) is 0.788. The SMILES string of the molecule is COC[C@@](C)(CC(C)C)NC(=O)NC(C(=O)N1CC2C#C[C@@H]2C1C(=O)NC(CC1CCC1)C(=O)C(N)=O)C1(C)CCCCC1. The minimum absolute atomic E-state index is 0.170. The van der Waals surface area contributed by atoms with E-state index in [-0.39, 0.29) is 30.2 Å². The summed E-state index contributed by atoms with van der Waals surface area (Å²) in [5, 5.41) is 8.88. The lowest BCUT2D eigenvalue weighted by molar-refractivity contribution is -0.144. The number of amides is 5. The Morgan fingerprint density at radius 1 is 1.05 bits per heavy atom. The van der Waals surface area contributed by atoms with Crippen LogP contribution in [0.4, 0.5) is 4.79 Å². The lowest BCUT2D eigenvalue weighted by Crippen LogP contribution is -2.63. The zero-order chi connectivity index (χ0) is 32.2. The molecule has 0 aromatic rings. The Balaban J connectivity index is 1.57. The lowest BCUT2D eigenvalue weighted by Gasteiger charge is -2.43. The molecule has 4 rings (SSSR count). The van der Waals surface area contributed by atoms with Crippen LogP contribution in [-0.4, -0.2) is 78.4 Å². The summed E-state index contributed by atoms with van der Waals surface area (Å²) in [6.07, 6.45) is 8.39. The third-order valence-electron chi connectivity index (χ3n) is 10.1. The average molecular weight is 614 g/mol. The fourth-order valence-electron chi connectivity index (χ4n) is 7.68. The van der Waals surface area contributed by atoms with Gasteiger partial charge in [0, 0.05) is 13.7 Å². The summed E-state index contributed by atoms with van der Waals surface area (Å²) in [7, 11) is 1.59. The minimum atomic E-state index is -1.09. The number of rotatable bonds is 14. The van der Waals surface area contributed by atoms with E-state index in [2.05, 4.69) is 41.6 Å². The molecule has 0 radical (unpaired) electrons. The molecule has 244 valence electrons. The first-order valence-corrected chi connectivity index (χ1v) is 16.3. The van der Waals surface area contributed by atoms with Crippen LogP contribution in [0.1, 0.15) is 91.9 Å². The van der Waals surface area contributed by atoms with Gasteiger partial charge in [0.05, 0.1) is 30.0 Å². The molecule has 3 fully saturated rings. The molecule has 11 heteroatoms. The van der Waals surface area contributed by atoms with Gasteiger partial charge >= 0.3 is 6.03 Å². The van der Waals surface area contributed by atoms with E-state index in [0.717, 1.165) is 51.4 Å². The number of carbonyl (C=O) groups is 5. The predicted molar refractivity (Wildman–Crippen MR) is 165 cm³/mol. The maximum atomic E-state index is 14.5. The topological polar surface area (TPSA) is 160 Å². The molecule has 0 bridgehead atoms. The summed E-state index contributed by atoms with van der Waals surface area (Å²) in [4.78, 5) is 68.0. The second kappa shape index (κ2) is 13.9. The number of nitrogens with two attached hydrogens (primary N) is 1. The van der Waals surface area contributed by atoms with E-state index in [9.17, 15) is 24.0 Å². The Kier molecular flexibility index (Phi) is 10.7. The quantitative estimate of drug-likeness (QED) is 0.174.